The Kier molecular flexibility index (Phi) is 5.09. The Morgan fingerprint density at radius 2 is 1.71 bits per heavy atom. The summed E-state index contributed by atoms with van der Waals surface area (Å²) in [5.74, 6) is 2.15. The fourth-order valence-electron chi connectivity index (χ4n) is 2.11. The normalized spacial score (nSPS) is 10.7. The monoisotopic (exact) mass is 285 g/mol. The van der Waals surface area contributed by atoms with Crippen LogP contribution in [0.3, 0.4) is 0 Å². The van der Waals surface area contributed by atoms with Gasteiger partial charge in [0.2, 0.25) is 0 Å². The molecule has 0 saturated heterocycles. The highest BCUT2D eigenvalue weighted by Gasteiger charge is 2.06. The number of nitrogens with two attached hydrogens (primary N) is 1. The lowest BCUT2D eigenvalue weighted by Crippen LogP contribution is -2.10. The first kappa shape index (κ1) is 15.2. The maximum absolute atomic E-state index is 5.86. The van der Waals surface area contributed by atoms with Gasteiger partial charge in [-0.25, -0.2) is 0 Å². The van der Waals surface area contributed by atoms with E-state index < -0.39 is 0 Å². The van der Waals surface area contributed by atoms with Gasteiger partial charge in [0.1, 0.15) is 24.7 Å². The topological polar surface area (TPSA) is 44.5 Å². The van der Waals surface area contributed by atoms with Crippen molar-refractivity contribution in [1.29, 1.82) is 0 Å². The molecule has 112 valence electrons. The van der Waals surface area contributed by atoms with Crippen molar-refractivity contribution in [1.82, 2.24) is 0 Å². The van der Waals surface area contributed by atoms with E-state index in [-0.39, 0.29) is 0 Å². The van der Waals surface area contributed by atoms with E-state index >= 15 is 0 Å². The molecule has 3 nitrogen and oxygen atoms in total. The summed E-state index contributed by atoms with van der Waals surface area (Å²) in [6.07, 6.45) is 0. The quantitative estimate of drug-likeness (QED) is 0.640. The molecule has 3 heteroatoms. The number of benzene rings is 2. The highest BCUT2D eigenvalue weighted by Crippen LogP contribution is 2.25. The van der Waals surface area contributed by atoms with Crippen LogP contribution < -0.4 is 15.2 Å². The largest absolute Gasteiger partial charge is 0.490 e. The average molecular weight is 285 g/mol. The van der Waals surface area contributed by atoms with Crippen molar-refractivity contribution in [3.05, 3.63) is 53.6 Å². The van der Waals surface area contributed by atoms with Gasteiger partial charge in [-0.15, -0.1) is 0 Å². The summed E-state index contributed by atoms with van der Waals surface area (Å²) in [7, 11) is 0. The van der Waals surface area contributed by atoms with Crippen molar-refractivity contribution in [3.63, 3.8) is 0 Å². The molecule has 0 bridgehead atoms. The zero-order valence-corrected chi connectivity index (χ0v) is 12.9. The van der Waals surface area contributed by atoms with Crippen molar-refractivity contribution >= 4 is 5.69 Å². The standard InChI is InChI=1S/C18H23NO2/c1-13(2)16-6-4-5-7-18(16)21-11-10-20-15-9-8-14(3)17(19)12-15/h4-9,12-13H,10-11,19H2,1-3H3. The highest BCUT2D eigenvalue weighted by molar-refractivity contribution is 5.50. The molecular weight excluding hydrogens is 262 g/mol. The molecule has 2 N–H and O–H groups in total. The minimum Gasteiger partial charge on any atom is -0.490 e. The second-order valence-corrected chi connectivity index (χ2v) is 5.41. The molecule has 0 atom stereocenters. The van der Waals surface area contributed by atoms with E-state index in [2.05, 4.69) is 19.9 Å². The van der Waals surface area contributed by atoms with Gasteiger partial charge in [0.05, 0.1) is 0 Å². The third-order valence-electron chi connectivity index (χ3n) is 3.40. The first-order valence-corrected chi connectivity index (χ1v) is 7.28. The molecule has 0 amide bonds. The van der Waals surface area contributed by atoms with Crippen molar-refractivity contribution < 1.29 is 9.47 Å². The number of nitrogen functional groups attached to an aromatic ring is 1. The maximum atomic E-state index is 5.86. The Hall–Kier alpha value is -2.16. The van der Waals surface area contributed by atoms with Crippen LogP contribution in [0.2, 0.25) is 0 Å². The van der Waals surface area contributed by atoms with E-state index in [1.165, 1.54) is 5.56 Å². The van der Waals surface area contributed by atoms with Crippen LogP contribution in [0.25, 0.3) is 0 Å². The number of hydrogen-bond donors (Lipinski definition) is 1. The van der Waals surface area contributed by atoms with Crippen LogP contribution in [0.1, 0.15) is 30.9 Å². The molecule has 2 aromatic carbocycles. The summed E-state index contributed by atoms with van der Waals surface area (Å²) < 4.78 is 11.5. The molecule has 2 rings (SSSR count). The summed E-state index contributed by atoms with van der Waals surface area (Å²) in [5.41, 5.74) is 8.89. The molecule has 0 aromatic heterocycles. The second-order valence-electron chi connectivity index (χ2n) is 5.41. The summed E-state index contributed by atoms with van der Waals surface area (Å²) in [6, 6.07) is 13.8. The fraction of sp³-hybridized carbons (Fsp3) is 0.333. The van der Waals surface area contributed by atoms with Gasteiger partial charge in [0, 0.05) is 11.8 Å². The minimum absolute atomic E-state index is 0.444. The number of hydrogen-bond acceptors (Lipinski definition) is 3. The highest BCUT2D eigenvalue weighted by atomic mass is 16.5. The van der Waals surface area contributed by atoms with Crippen LogP contribution in [0.5, 0.6) is 11.5 Å². The summed E-state index contributed by atoms with van der Waals surface area (Å²) in [5, 5.41) is 0. The van der Waals surface area contributed by atoms with Gasteiger partial charge in [0.15, 0.2) is 0 Å². The van der Waals surface area contributed by atoms with Gasteiger partial charge < -0.3 is 15.2 Å². The molecule has 21 heavy (non-hydrogen) atoms. The van der Waals surface area contributed by atoms with E-state index in [1.807, 2.05) is 43.3 Å². The molecular formula is C18H23NO2. The number of rotatable bonds is 6. The van der Waals surface area contributed by atoms with E-state index in [9.17, 15) is 0 Å². The van der Waals surface area contributed by atoms with Crippen LogP contribution in [0.4, 0.5) is 5.69 Å². The van der Waals surface area contributed by atoms with Crippen molar-refractivity contribution in [3.8, 4) is 11.5 Å². The average Bonchev–Trinajstić information content (AvgIpc) is 2.47. The molecule has 0 saturated carbocycles. The smallest absolute Gasteiger partial charge is 0.122 e. The summed E-state index contributed by atoms with van der Waals surface area (Å²) in [6.45, 7) is 7.30. The molecule has 0 heterocycles. The SMILES string of the molecule is Cc1ccc(OCCOc2ccccc2C(C)C)cc1N. The number of aryl methyl sites for hydroxylation is 1. The van der Waals surface area contributed by atoms with Gasteiger partial charge in [-0.05, 0) is 36.1 Å². The Bertz CT molecular complexity index is 594. The summed E-state index contributed by atoms with van der Waals surface area (Å²) in [4.78, 5) is 0. The molecule has 0 radical (unpaired) electrons. The number of ether oxygens (including phenoxy) is 2. The van der Waals surface area contributed by atoms with Gasteiger partial charge in [-0.3, -0.25) is 0 Å². The Morgan fingerprint density at radius 1 is 1.00 bits per heavy atom. The molecule has 2 aromatic rings. The van der Waals surface area contributed by atoms with Crippen LogP contribution in [0.15, 0.2) is 42.5 Å². The predicted molar refractivity (Wildman–Crippen MR) is 87.1 cm³/mol. The fourth-order valence-corrected chi connectivity index (χ4v) is 2.11. The van der Waals surface area contributed by atoms with E-state index in [0.29, 0.717) is 19.1 Å². The lowest BCUT2D eigenvalue weighted by Gasteiger charge is -2.14. The van der Waals surface area contributed by atoms with Crippen LogP contribution >= 0.6 is 0 Å². The Morgan fingerprint density at radius 3 is 2.43 bits per heavy atom. The Balaban J connectivity index is 1.86. The zero-order chi connectivity index (χ0) is 15.2. The molecule has 0 aliphatic carbocycles. The van der Waals surface area contributed by atoms with Gasteiger partial charge >= 0.3 is 0 Å². The summed E-state index contributed by atoms with van der Waals surface area (Å²) >= 11 is 0. The predicted octanol–water partition coefficient (Wildman–Crippen LogP) is 4.16. The van der Waals surface area contributed by atoms with Gasteiger partial charge in [-0.1, -0.05) is 38.1 Å². The lowest BCUT2D eigenvalue weighted by atomic mass is 10.0. The van der Waals surface area contributed by atoms with E-state index in [4.69, 9.17) is 15.2 Å². The second kappa shape index (κ2) is 7.02. The molecule has 0 unspecified atom stereocenters. The number of para-hydroxylation sites is 1. The zero-order valence-electron chi connectivity index (χ0n) is 12.9. The van der Waals surface area contributed by atoms with Crippen LogP contribution in [0, 0.1) is 6.92 Å². The Labute approximate surface area is 126 Å². The van der Waals surface area contributed by atoms with Crippen molar-refractivity contribution in [2.45, 2.75) is 26.7 Å². The minimum atomic E-state index is 0.444. The van der Waals surface area contributed by atoms with Crippen LogP contribution in [-0.2, 0) is 0 Å². The number of anilines is 1. The molecule has 0 fully saturated rings. The molecule has 0 spiro atoms. The van der Waals surface area contributed by atoms with Crippen molar-refractivity contribution in [2.24, 2.45) is 0 Å². The van der Waals surface area contributed by atoms with Crippen LogP contribution in [-0.4, -0.2) is 13.2 Å². The van der Waals surface area contributed by atoms with Crippen molar-refractivity contribution in [2.75, 3.05) is 18.9 Å². The van der Waals surface area contributed by atoms with E-state index in [1.54, 1.807) is 0 Å². The van der Waals surface area contributed by atoms with Gasteiger partial charge in [-0.2, -0.15) is 0 Å². The third-order valence-corrected chi connectivity index (χ3v) is 3.40. The molecule has 0 aliphatic heterocycles. The van der Waals surface area contributed by atoms with Gasteiger partial charge in [0.25, 0.3) is 0 Å². The first-order valence-electron chi connectivity index (χ1n) is 7.28. The van der Waals surface area contributed by atoms with E-state index in [0.717, 1.165) is 22.7 Å². The third kappa shape index (κ3) is 4.15. The first-order chi connectivity index (χ1) is 10.1. The maximum Gasteiger partial charge on any atom is 0.122 e. The lowest BCUT2D eigenvalue weighted by molar-refractivity contribution is 0.215. The molecule has 0 aliphatic rings.